The van der Waals surface area contributed by atoms with Gasteiger partial charge in [0.25, 0.3) is 0 Å². The zero-order valence-corrected chi connectivity index (χ0v) is 10.7. The first kappa shape index (κ1) is 13.2. The number of sulfone groups is 1. The van der Waals surface area contributed by atoms with Crippen molar-refractivity contribution in [3.63, 3.8) is 0 Å². The molecule has 0 aliphatic rings. The summed E-state index contributed by atoms with van der Waals surface area (Å²) in [7, 11) is -3.15. The Labute approximate surface area is 97.0 Å². The highest BCUT2D eigenvalue weighted by atomic mass is 32.2. The molecule has 0 amide bonds. The van der Waals surface area contributed by atoms with Gasteiger partial charge in [0.05, 0.1) is 11.0 Å². The molecule has 90 valence electrons. The quantitative estimate of drug-likeness (QED) is 0.880. The van der Waals surface area contributed by atoms with E-state index in [-0.39, 0.29) is 4.90 Å². The minimum absolute atomic E-state index is 0.285. The monoisotopic (exact) mass is 242 g/mol. The third kappa shape index (κ3) is 3.61. The van der Waals surface area contributed by atoms with Crippen molar-refractivity contribution < 1.29 is 13.5 Å². The lowest BCUT2D eigenvalue weighted by molar-refractivity contribution is 0.151. The Bertz CT molecular complexity index is 432. The van der Waals surface area contributed by atoms with Crippen LogP contribution < -0.4 is 0 Å². The maximum Gasteiger partial charge on any atom is 0.175 e. The van der Waals surface area contributed by atoms with Crippen LogP contribution in [0.4, 0.5) is 0 Å². The molecule has 0 fully saturated rings. The first-order chi connectivity index (χ1) is 7.30. The zero-order valence-electron chi connectivity index (χ0n) is 9.84. The van der Waals surface area contributed by atoms with Crippen LogP contribution in [-0.2, 0) is 9.84 Å². The van der Waals surface area contributed by atoms with E-state index in [1.54, 1.807) is 12.1 Å². The van der Waals surface area contributed by atoms with Crippen LogP contribution >= 0.6 is 0 Å². The van der Waals surface area contributed by atoms with E-state index in [0.717, 1.165) is 5.56 Å². The van der Waals surface area contributed by atoms with Gasteiger partial charge < -0.3 is 5.11 Å². The SMILES string of the molecule is CC(C)CC(O)c1ccc(S(C)(=O)=O)cc1. The molecule has 0 saturated carbocycles. The van der Waals surface area contributed by atoms with Gasteiger partial charge in [-0.2, -0.15) is 0 Å². The minimum atomic E-state index is -3.15. The van der Waals surface area contributed by atoms with Gasteiger partial charge in [0.2, 0.25) is 0 Å². The van der Waals surface area contributed by atoms with Gasteiger partial charge in [-0.25, -0.2) is 8.42 Å². The van der Waals surface area contributed by atoms with Crippen LogP contribution in [0, 0.1) is 5.92 Å². The van der Waals surface area contributed by atoms with Crippen LogP contribution in [0.3, 0.4) is 0 Å². The van der Waals surface area contributed by atoms with Gasteiger partial charge in [-0.3, -0.25) is 0 Å². The summed E-state index contributed by atoms with van der Waals surface area (Å²) in [5.74, 6) is 0.407. The highest BCUT2D eigenvalue weighted by Gasteiger charge is 2.11. The molecule has 1 N–H and O–H groups in total. The molecule has 1 aromatic carbocycles. The molecule has 0 heterocycles. The van der Waals surface area contributed by atoms with Gasteiger partial charge >= 0.3 is 0 Å². The number of rotatable bonds is 4. The largest absolute Gasteiger partial charge is 0.388 e. The molecule has 0 aliphatic heterocycles. The fourth-order valence-electron chi connectivity index (χ4n) is 1.52. The predicted molar refractivity (Wildman–Crippen MR) is 64.0 cm³/mol. The van der Waals surface area contributed by atoms with Crippen molar-refractivity contribution in [1.82, 2.24) is 0 Å². The van der Waals surface area contributed by atoms with Crippen molar-refractivity contribution in [2.45, 2.75) is 31.3 Å². The lowest BCUT2D eigenvalue weighted by Crippen LogP contribution is -2.03. The third-order valence-electron chi connectivity index (χ3n) is 2.39. The van der Waals surface area contributed by atoms with Crippen LogP contribution in [0.25, 0.3) is 0 Å². The second-order valence-electron chi connectivity index (χ2n) is 4.49. The van der Waals surface area contributed by atoms with Gasteiger partial charge in [0.15, 0.2) is 9.84 Å². The molecule has 1 aromatic rings. The Kier molecular flexibility index (Phi) is 4.10. The summed E-state index contributed by atoms with van der Waals surface area (Å²) in [5, 5.41) is 9.84. The maximum atomic E-state index is 11.2. The summed E-state index contributed by atoms with van der Waals surface area (Å²) in [6, 6.07) is 6.41. The first-order valence-corrected chi connectivity index (χ1v) is 7.18. The van der Waals surface area contributed by atoms with Crippen LogP contribution in [0.5, 0.6) is 0 Å². The summed E-state index contributed by atoms with van der Waals surface area (Å²) in [6.45, 7) is 4.07. The van der Waals surface area contributed by atoms with Gasteiger partial charge in [-0.05, 0) is 30.0 Å². The Morgan fingerprint density at radius 1 is 1.19 bits per heavy atom. The van der Waals surface area contributed by atoms with Gasteiger partial charge in [-0.1, -0.05) is 26.0 Å². The first-order valence-electron chi connectivity index (χ1n) is 5.29. The van der Waals surface area contributed by atoms with Crippen molar-refractivity contribution in [3.05, 3.63) is 29.8 Å². The summed E-state index contributed by atoms with van der Waals surface area (Å²) >= 11 is 0. The van der Waals surface area contributed by atoms with Gasteiger partial charge in [0, 0.05) is 6.26 Å². The fraction of sp³-hybridized carbons (Fsp3) is 0.500. The van der Waals surface area contributed by atoms with Crippen molar-refractivity contribution in [2.24, 2.45) is 5.92 Å². The molecule has 4 heteroatoms. The molecular weight excluding hydrogens is 224 g/mol. The predicted octanol–water partition coefficient (Wildman–Crippen LogP) is 2.17. The smallest absolute Gasteiger partial charge is 0.175 e. The molecule has 0 spiro atoms. The molecule has 0 radical (unpaired) electrons. The van der Waals surface area contributed by atoms with Crippen molar-refractivity contribution in [1.29, 1.82) is 0 Å². The number of hydrogen-bond donors (Lipinski definition) is 1. The topological polar surface area (TPSA) is 54.4 Å². The zero-order chi connectivity index (χ0) is 12.3. The molecule has 0 bridgehead atoms. The summed E-state index contributed by atoms with van der Waals surface area (Å²) in [5.41, 5.74) is 0.765. The van der Waals surface area contributed by atoms with Gasteiger partial charge in [0.1, 0.15) is 0 Å². The second-order valence-corrected chi connectivity index (χ2v) is 6.50. The highest BCUT2D eigenvalue weighted by Crippen LogP contribution is 2.22. The molecule has 16 heavy (non-hydrogen) atoms. The van der Waals surface area contributed by atoms with E-state index in [1.165, 1.54) is 18.4 Å². The Morgan fingerprint density at radius 3 is 2.06 bits per heavy atom. The highest BCUT2D eigenvalue weighted by molar-refractivity contribution is 7.90. The molecule has 1 unspecified atom stereocenters. The lowest BCUT2D eigenvalue weighted by atomic mass is 10.00. The third-order valence-corrected chi connectivity index (χ3v) is 3.52. The van der Waals surface area contributed by atoms with E-state index in [2.05, 4.69) is 0 Å². The van der Waals surface area contributed by atoms with E-state index in [1.807, 2.05) is 13.8 Å². The number of aliphatic hydroxyl groups is 1. The van der Waals surface area contributed by atoms with E-state index in [4.69, 9.17) is 0 Å². The van der Waals surface area contributed by atoms with Crippen LogP contribution in [0.15, 0.2) is 29.2 Å². The molecular formula is C12H18O3S. The lowest BCUT2D eigenvalue weighted by Gasteiger charge is -2.13. The summed E-state index contributed by atoms with van der Waals surface area (Å²) < 4.78 is 22.5. The Hall–Kier alpha value is -0.870. The molecule has 1 atom stereocenters. The molecule has 1 rings (SSSR count). The molecule has 0 aromatic heterocycles. The molecule has 0 saturated heterocycles. The number of aliphatic hydroxyl groups excluding tert-OH is 1. The molecule has 3 nitrogen and oxygen atoms in total. The van der Waals surface area contributed by atoms with Crippen molar-refractivity contribution >= 4 is 9.84 Å². The number of hydrogen-bond acceptors (Lipinski definition) is 3. The maximum absolute atomic E-state index is 11.2. The average molecular weight is 242 g/mol. The normalized spacial score (nSPS) is 14.1. The van der Waals surface area contributed by atoms with E-state index >= 15 is 0 Å². The van der Waals surface area contributed by atoms with Crippen LogP contribution in [0.1, 0.15) is 31.9 Å². The Morgan fingerprint density at radius 2 is 1.69 bits per heavy atom. The molecule has 0 aliphatic carbocycles. The number of benzene rings is 1. The second kappa shape index (κ2) is 4.97. The standard InChI is InChI=1S/C12H18O3S/c1-9(2)8-12(13)10-4-6-11(7-5-10)16(3,14)15/h4-7,9,12-13H,8H2,1-3H3. The van der Waals surface area contributed by atoms with E-state index < -0.39 is 15.9 Å². The van der Waals surface area contributed by atoms with Crippen LogP contribution in [0.2, 0.25) is 0 Å². The summed E-state index contributed by atoms with van der Waals surface area (Å²) in [4.78, 5) is 0.285. The fourth-order valence-corrected chi connectivity index (χ4v) is 2.15. The minimum Gasteiger partial charge on any atom is -0.388 e. The van der Waals surface area contributed by atoms with Crippen molar-refractivity contribution in [3.8, 4) is 0 Å². The van der Waals surface area contributed by atoms with Crippen molar-refractivity contribution in [2.75, 3.05) is 6.26 Å². The van der Waals surface area contributed by atoms with E-state index in [9.17, 15) is 13.5 Å². The van der Waals surface area contributed by atoms with E-state index in [0.29, 0.717) is 12.3 Å². The summed E-state index contributed by atoms with van der Waals surface area (Å²) in [6.07, 6.45) is 1.33. The average Bonchev–Trinajstić information content (AvgIpc) is 2.15. The van der Waals surface area contributed by atoms with Crippen LogP contribution in [-0.4, -0.2) is 19.8 Å². The Balaban J connectivity index is 2.87. The van der Waals surface area contributed by atoms with Gasteiger partial charge in [-0.15, -0.1) is 0 Å².